The predicted octanol–water partition coefficient (Wildman–Crippen LogP) is 2.01. The van der Waals surface area contributed by atoms with Gasteiger partial charge in [-0.1, -0.05) is 27.5 Å². The van der Waals surface area contributed by atoms with Gasteiger partial charge in [-0.05, 0) is 30.7 Å². The first-order valence-corrected chi connectivity index (χ1v) is 7.95. The molecule has 6 heteroatoms. The standard InChI is InChI=1S/C14H19BrClN3O/c1-2-18-14(20)13-8-17-5-6-19(13)9-10-7-11(15)3-4-12(10)16/h3-4,7,13,17H,2,5-6,8-9H2,1H3,(H,18,20). The molecule has 1 amide bonds. The lowest BCUT2D eigenvalue weighted by Crippen LogP contribution is -2.57. The zero-order valence-corrected chi connectivity index (χ0v) is 13.8. The molecule has 0 aliphatic carbocycles. The van der Waals surface area contributed by atoms with E-state index in [1.807, 2.05) is 25.1 Å². The fourth-order valence-corrected chi connectivity index (χ4v) is 2.96. The van der Waals surface area contributed by atoms with Crippen molar-refractivity contribution in [2.24, 2.45) is 0 Å². The summed E-state index contributed by atoms with van der Waals surface area (Å²) in [5, 5.41) is 6.90. The summed E-state index contributed by atoms with van der Waals surface area (Å²) in [4.78, 5) is 14.3. The second-order valence-corrected chi connectivity index (χ2v) is 6.14. The molecule has 1 aliphatic rings. The van der Waals surface area contributed by atoms with Gasteiger partial charge in [-0.2, -0.15) is 0 Å². The van der Waals surface area contributed by atoms with Crippen molar-refractivity contribution in [3.63, 3.8) is 0 Å². The van der Waals surface area contributed by atoms with Crippen molar-refractivity contribution in [1.29, 1.82) is 0 Å². The Labute approximate surface area is 133 Å². The van der Waals surface area contributed by atoms with E-state index in [4.69, 9.17) is 11.6 Å². The van der Waals surface area contributed by atoms with E-state index in [0.29, 0.717) is 19.6 Å². The first kappa shape index (κ1) is 15.8. The number of halogens is 2. The molecule has 2 N–H and O–H groups in total. The van der Waals surface area contributed by atoms with E-state index in [1.54, 1.807) is 0 Å². The molecule has 1 saturated heterocycles. The van der Waals surface area contributed by atoms with Crippen molar-refractivity contribution in [2.45, 2.75) is 19.5 Å². The van der Waals surface area contributed by atoms with Crippen LogP contribution < -0.4 is 10.6 Å². The second-order valence-electron chi connectivity index (χ2n) is 4.82. The van der Waals surface area contributed by atoms with E-state index in [2.05, 4.69) is 31.5 Å². The van der Waals surface area contributed by atoms with Crippen LogP contribution in [0.3, 0.4) is 0 Å². The number of hydrogen-bond donors (Lipinski definition) is 2. The summed E-state index contributed by atoms with van der Waals surface area (Å²) in [6.07, 6.45) is 0. The summed E-state index contributed by atoms with van der Waals surface area (Å²) in [5.41, 5.74) is 1.04. The third-order valence-corrected chi connectivity index (χ3v) is 4.25. The van der Waals surface area contributed by atoms with Gasteiger partial charge in [0.1, 0.15) is 6.04 Å². The average molecular weight is 361 g/mol. The van der Waals surface area contributed by atoms with Crippen LogP contribution >= 0.6 is 27.5 Å². The lowest BCUT2D eigenvalue weighted by Gasteiger charge is -2.35. The minimum Gasteiger partial charge on any atom is -0.355 e. The van der Waals surface area contributed by atoms with Crippen LogP contribution in [0.25, 0.3) is 0 Å². The zero-order valence-electron chi connectivity index (χ0n) is 11.5. The number of nitrogens with zero attached hydrogens (tertiary/aromatic N) is 1. The molecule has 1 aromatic rings. The number of amides is 1. The van der Waals surface area contributed by atoms with E-state index >= 15 is 0 Å². The number of nitrogens with one attached hydrogen (secondary N) is 2. The van der Waals surface area contributed by atoms with E-state index in [0.717, 1.165) is 28.1 Å². The third kappa shape index (κ3) is 3.95. The topological polar surface area (TPSA) is 44.4 Å². The molecule has 0 spiro atoms. The molecule has 4 nitrogen and oxygen atoms in total. The molecule has 110 valence electrons. The number of hydrogen-bond acceptors (Lipinski definition) is 3. The summed E-state index contributed by atoms with van der Waals surface area (Å²) in [6, 6.07) is 5.67. The highest BCUT2D eigenvalue weighted by Crippen LogP contribution is 2.23. The van der Waals surface area contributed by atoms with Crippen molar-refractivity contribution in [2.75, 3.05) is 26.2 Å². The van der Waals surface area contributed by atoms with E-state index in [-0.39, 0.29) is 11.9 Å². The largest absolute Gasteiger partial charge is 0.355 e. The number of carbonyl (C=O) groups is 1. The molecule has 1 unspecified atom stereocenters. The Bertz CT molecular complexity index is 483. The maximum atomic E-state index is 12.1. The smallest absolute Gasteiger partial charge is 0.238 e. The number of piperazine rings is 1. The first-order chi connectivity index (χ1) is 9.61. The van der Waals surface area contributed by atoms with E-state index in [1.165, 1.54) is 0 Å². The summed E-state index contributed by atoms with van der Waals surface area (Å²) >= 11 is 9.70. The Morgan fingerprint density at radius 1 is 1.60 bits per heavy atom. The quantitative estimate of drug-likeness (QED) is 0.863. The number of likely N-dealkylation sites (N-methyl/N-ethyl adjacent to an activating group) is 1. The molecule has 1 heterocycles. The lowest BCUT2D eigenvalue weighted by atomic mass is 10.1. The molecule has 1 fully saturated rings. The second kappa shape index (κ2) is 7.41. The van der Waals surface area contributed by atoms with Crippen LogP contribution in [0.2, 0.25) is 5.02 Å². The first-order valence-electron chi connectivity index (χ1n) is 6.78. The summed E-state index contributed by atoms with van der Waals surface area (Å²) < 4.78 is 1.00. The van der Waals surface area contributed by atoms with Gasteiger partial charge in [0.05, 0.1) is 0 Å². The minimum absolute atomic E-state index is 0.0748. The highest BCUT2D eigenvalue weighted by Gasteiger charge is 2.28. The highest BCUT2D eigenvalue weighted by molar-refractivity contribution is 9.10. The SMILES string of the molecule is CCNC(=O)C1CNCCN1Cc1cc(Br)ccc1Cl. The normalized spacial score (nSPS) is 19.9. The minimum atomic E-state index is -0.140. The van der Waals surface area contributed by atoms with E-state index in [9.17, 15) is 4.79 Å². The Hall–Kier alpha value is -0.620. The molecular formula is C14H19BrClN3O. The number of carbonyl (C=O) groups excluding carboxylic acids is 1. The maximum Gasteiger partial charge on any atom is 0.238 e. The molecule has 0 radical (unpaired) electrons. The predicted molar refractivity (Wildman–Crippen MR) is 84.9 cm³/mol. The van der Waals surface area contributed by atoms with Gasteiger partial charge in [-0.3, -0.25) is 9.69 Å². The molecular weight excluding hydrogens is 342 g/mol. The van der Waals surface area contributed by atoms with Crippen molar-refractivity contribution in [1.82, 2.24) is 15.5 Å². The van der Waals surface area contributed by atoms with Crippen LogP contribution in [0.15, 0.2) is 22.7 Å². The van der Waals surface area contributed by atoms with Crippen LogP contribution in [0.4, 0.5) is 0 Å². The Balaban J connectivity index is 2.12. The van der Waals surface area contributed by atoms with Gasteiger partial charge in [-0.15, -0.1) is 0 Å². The van der Waals surface area contributed by atoms with Gasteiger partial charge < -0.3 is 10.6 Å². The molecule has 20 heavy (non-hydrogen) atoms. The Morgan fingerprint density at radius 3 is 3.15 bits per heavy atom. The van der Waals surface area contributed by atoms with Crippen molar-refractivity contribution in [3.05, 3.63) is 33.3 Å². The molecule has 1 aliphatic heterocycles. The van der Waals surface area contributed by atoms with Crippen LogP contribution in [0.5, 0.6) is 0 Å². The van der Waals surface area contributed by atoms with Gasteiger partial charge in [-0.25, -0.2) is 0 Å². The Kier molecular flexibility index (Phi) is 5.84. The molecule has 1 atom stereocenters. The van der Waals surface area contributed by atoms with Gasteiger partial charge in [0.15, 0.2) is 0 Å². The van der Waals surface area contributed by atoms with Crippen LogP contribution in [-0.2, 0) is 11.3 Å². The fourth-order valence-electron chi connectivity index (χ4n) is 2.37. The van der Waals surface area contributed by atoms with Crippen LogP contribution in [-0.4, -0.2) is 43.0 Å². The van der Waals surface area contributed by atoms with Gasteiger partial charge in [0.25, 0.3) is 0 Å². The van der Waals surface area contributed by atoms with Crippen molar-refractivity contribution < 1.29 is 4.79 Å². The summed E-state index contributed by atoms with van der Waals surface area (Å²) in [6.45, 7) is 5.68. The molecule has 2 rings (SSSR count). The molecule has 0 bridgehead atoms. The maximum absolute atomic E-state index is 12.1. The monoisotopic (exact) mass is 359 g/mol. The summed E-state index contributed by atoms with van der Waals surface area (Å²) in [7, 11) is 0. The highest BCUT2D eigenvalue weighted by atomic mass is 79.9. The zero-order chi connectivity index (χ0) is 14.5. The third-order valence-electron chi connectivity index (χ3n) is 3.39. The van der Waals surface area contributed by atoms with Crippen molar-refractivity contribution >= 4 is 33.4 Å². The Morgan fingerprint density at radius 2 is 2.40 bits per heavy atom. The van der Waals surface area contributed by atoms with Crippen molar-refractivity contribution in [3.8, 4) is 0 Å². The van der Waals surface area contributed by atoms with E-state index < -0.39 is 0 Å². The number of benzene rings is 1. The fraction of sp³-hybridized carbons (Fsp3) is 0.500. The molecule has 0 saturated carbocycles. The number of rotatable bonds is 4. The van der Waals surface area contributed by atoms with Crippen LogP contribution in [0, 0.1) is 0 Å². The average Bonchev–Trinajstić information content (AvgIpc) is 2.44. The van der Waals surface area contributed by atoms with Gasteiger partial charge >= 0.3 is 0 Å². The molecule has 0 aromatic heterocycles. The van der Waals surface area contributed by atoms with Gasteiger partial charge in [0.2, 0.25) is 5.91 Å². The molecule has 1 aromatic carbocycles. The summed E-state index contributed by atoms with van der Waals surface area (Å²) in [5.74, 6) is 0.0748. The van der Waals surface area contributed by atoms with Gasteiger partial charge in [0, 0.05) is 42.2 Å². The van der Waals surface area contributed by atoms with Crippen LogP contribution in [0.1, 0.15) is 12.5 Å². The lowest BCUT2D eigenvalue weighted by molar-refractivity contribution is -0.127.